The second-order valence-corrected chi connectivity index (χ2v) is 6.88. The van der Waals surface area contributed by atoms with Gasteiger partial charge in [-0.2, -0.15) is 0 Å². The van der Waals surface area contributed by atoms with Crippen LogP contribution in [0, 0.1) is 10.3 Å². The van der Waals surface area contributed by atoms with E-state index in [4.69, 9.17) is 20.6 Å². The van der Waals surface area contributed by atoms with Gasteiger partial charge in [-0.1, -0.05) is 19.3 Å². The summed E-state index contributed by atoms with van der Waals surface area (Å²) in [6.45, 7) is 1.11. The second-order valence-electron chi connectivity index (χ2n) is 6.88. The van der Waals surface area contributed by atoms with Crippen molar-refractivity contribution in [3.05, 3.63) is 35.0 Å². The highest BCUT2D eigenvalue weighted by atomic mass is 16.5. The fraction of sp³-hybridized carbons (Fsp3) is 0.550. The van der Waals surface area contributed by atoms with Crippen molar-refractivity contribution in [3.8, 4) is 5.75 Å². The van der Waals surface area contributed by atoms with E-state index in [0.29, 0.717) is 43.2 Å². The molecule has 3 N–H and O–H groups in total. The minimum atomic E-state index is -0.918. The molecule has 1 fully saturated rings. The molecule has 0 spiro atoms. The molecular weight excluding hydrogens is 360 g/mol. The Kier molecular flexibility index (Phi) is 8.74. The van der Waals surface area contributed by atoms with Crippen molar-refractivity contribution in [2.45, 2.75) is 57.0 Å². The highest BCUT2D eigenvalue weighted by Gasteiger charge is 2.46. The van der Waals surface area contributed by atoms with Crippen LogP contribution >= 0.6 is 0 Å². The SMILES string of the molecule is N=C/C=C(\N)c1ccc(OCCCCCCCOC2(C(=O)N=O)CCC2)cn1. The fourth-order valence-electron chi connectivity index (χ4n) is 3.00. The predicted octanol–water partition coefficient (Wildman–Crippen LogP) is 3.59. The third-order valence-corrected chi connectivity index (χ3v) is 4.86. The molecule has 1 amide bonds. The van der Waals surface area contributed by atoms with Crippen molar-refractivity contribution >= 4 is 17.8 Å². The Morgan fingerprint density at radius 2 is 1.93 bits per heavy atom. The number of ether oxygens (including phenoxy) is 2. The van der Waals surface area contributed by atoms with Crippen LogP contribution in [0.1, 0.15) is 57.1 Å². The number of aromatic nitrogens is 1. The van der Waals surface area contributed by atoms with Gasteiger partial charge in [-0.3, -0.25) is 9.78 Å². The topological polar surface area (TPSA) is 128 Å². The van der Waals surface area contributed by atoms with Crippen LogP contribution in [0.2, 0.25) is 0 Å². The Balaban J connectivity index is 1.52. The lowest BCUT2D eigenvalue weighted by molar-refractivity contribution is -0.156. The molecule has 0 aliphatic heterocycles. The molecule has 0 aromatic carbocycles. The first kappa shape index (κ1) is 21.7. The first-order valence-corrected chi connectivity index (χ1v) is 9.68. The van der Waals surface area contributed by atoms with Crippen molar-refractivity contribution in [2.75, 3.05) is 13.2 Å². The van der Waals surface area contributed by atoms with Gasteiger partial charge in [-0.15, -0.1) is 4.91 Å². The quantitative estimate of drug-likeness (QED) is 0.302. The van der Waals surface area contributed by atoms with E-state index in [1.165, 1.54) is 6.08 Å². The molecule has 8 heteroatoms. The number of unbranched alkanes of at least 4 members (excludes halogenated alkanes) is 4. The monoisotopic (exact) mass is 388 g/mol. The van der Waals surface area contributed by atoms with Gasteiger partial charge in [0, 0.05) is 18.0 Å². The number of allylic oxidation sites excluding steroid dienone is 1. The maximum atomic E-state index is 11.5. The number of carbonyl (C=O) groups is 1. The maximum absolute atomic E-state index is 11.5. The molecule has 1 heterocycles. The van der Waals surface area contributed by atoms with Crippen LogP contribution in [0.4, 0.5) is 0 Å². The van der Waals surface area contributed by atoms with E-state index in [0.717, 1.165) is 44.7 Å². The van der Waals surface area contributed by atoms with Crippen molar-refractivity contribution in [2.24, 2.45) is 10.9 Å². The van der Waals surface area contributed by atoms with E-state index >= 15 is 0 Å². The van der Waals surface area contributed by atoms with Crippen LogP contribution in [-0.2, 0) is 9.53 Å². The molecule has 1 aromatic rings. The van der Waals surface area contributed by atoms with Gasteiger partial charge >= 0.3 is 5.91 Å². The highest BCUT2D eigenvalue weighted by Crippen LogP contribution is 2.37. The van der Waals surface area contributed by atoms with Gasteiger partial charge in [0.05, 0.1) is 24.2 Å². The minimum absolute atomic E-state index is 0.445. The van der Waals surface area contributed by atoms with E-state index < -0.39 is 11.5 Å². The summed E-state index contributed by atoms with van der Waals surface area (Å²) in [6.07, 6.45) is 11.3. The number of hydrogen-bond donors (Lipinski definition) is 2. The van der Waals surface area contributed by atoms with Crippen molar-refractivity contribution < 1.29 is 14.3 Å². The van der Waals surface area contributed by atoms with Crippen LogP contribution in [-0.4, -0.2) is 35.9 Å². The number of nitroso groups, excluding NO2 is 1. The molecule has 0 saturated heterocycles. The van der Waals surface area contributed by atoms with Crippen LogP contribution in [0.3, 0.4) is 0 Å². The van der Waals surface area contributed by atoms with Gasteiger partial charge in [-0.25, -0.2) is 0 Å². The fourth-order valence-corrected chi connectivity index (χ4v) is 3.00. The Hall–Kier alpha value is -2.61. The lowest BCUT2D eigenvalue weighted by atomic mass is 9.79. The van der Waals surface area contributed by atoms with Gasteiger partial charge in [-0.05, 0) is 50.3 Å². The molecule has 28 heavy (non-hydrogen) atoms. The third kappa shape index (κ3) is 6.23. The van der Waals surface area contributed by atoms with E-state index in [9.17, 15) is 9.70 Å². The van der Waals surface area contributed by atoms with Gasteiger partial charge in [0.2, 0.25) is 0 Å². The molecule has 0 radical (unpaired) electrons. The molecular formula is C20H28N4O4. The smallest absolute Gasteiger partial charge is 0.317 e. The van der Waals surface area contributed by atoms with Crippen LogP contribution in [0.25, 0.3) is 5.70 Å². The second kappa shape index (κ2) is 11.3. The van der Waals surface area contributed by atoms with Crippen LogP contribution in [0.5, 0.6) is 5.75 Å². The lowest BCUT2D eigenvalue weighted by Gasteiger charge is -2.37. The van der Waals surface area contributed by atoms with Crippen molar-refractivity contribution in [1.82, 2.24) is 4.98 Å². The Morgan fingerprint density at radius 1 is 1.21 bits per heavy atom. The average molecular weight is 388 g/mol. The molecule has 1 saturated carbocycles. The summed E-state index contributed by atoms with van der Waals surface area (Å²) in [6, 6.07) is 3.58. The van der Waals surface area contributed by atoms with Crippen molar-refractivity contribution in [3.63, 3.8) is 0 Å². The number of pyridine rings is 1. The molecule has 0 atom stereocenters. The molecule has 2 rings (SSSR count). The molecule has 0 bridgehead atoms. The van der Waals surface area contributed by atoms with E-state index in [1.54, 1.807) is 12.3 Å². The number of hydrogen-bond acceptors (Lipinski definition) is 7. The zero-order chi connectivity index (χ0) is 20.2. The number of rotatable bonds is 13. The highest BCUT2D eigenvalue weighted by molar-refractivity contribution is 5.86. The largest absolute Gasteiger partial charge is 0.492 e. The van der Waals surface area contributed by atoms with Crippen LogP contribution in [0.15, 0.2) is 29.6 Å². The number of nitrogens with two attached hydrogens (primary N) is 1. The summed E-state index contributed by atoms with van der Waals surface area (Å²) in [5.41, 5.74) is 5.91. The Morgan fingerprint density at radius 3 is 2.50 bits per heavy atom. The summed E-state index contributed by atoms with van der Waals surface area (Å²) in [4.78, 5) is 26.2. The summed E-state index contributed by atoms with van der Waals surface area (Å²) in [5.74, 6) is 0.0332. The number of nitrogens with one attached hydrogen (secondary N) is 1. The van der Waals surface area contributed by atoms with Gasteiger partial charge in [0.1, 0.15) is 5.75 Å². The number of nitrogens with zero attached hydrogens (tertiary/aromatic N) is 2. The average Bonchev–Trinajstić information content (AvgIpc) is 2.68. The molecule has 0 unspecified atom stereocenters. The van der Waals surface area contributed by atoms with Crippen LogP contribution < -0.4 is 10.5 Å². The number of carbonyl (C=O) groups excluding carboxylic acids is 1. The Bertz CT molecular complexity index is 684. The first-order chi connectivity index (χ1) is 13.6. The standard InChI is InChI=1S/C20H28N4O4/c21-12-9-17(22)18-8-7-16(15-23-18)27-13-4-2-1-3-5-14-28-20(10-6-11-20)19(25)24-26/h7-9,12,15,21H,1-6,10-11,13-14,22H2/b17-9-,21-12?. The van der Waals surface area contributed by atoms with Gasteiger partial charge in [0.15, 0.2) is 5.60 Å². The summed E-state index contributed by atoms with van der Waals surface area (Å²) in [7, 11) is 0. The van der Waals surface area contributed by atoms with Gasteiger partial charge < -0.3 is 20.6 Å². The summed E-state index contributed by atoms with van der Waals surface area (Å²) < 4.78 is 11.3. The molecule has 8 nitrogen and oxygen atoms in total. The maximum Gasteiger partial charge on any atom is 0.317 e. The molecule has 1 aromatic heterocycles. The summed E-state index contributed by atoms with van der Waals surface area (Å²) >= 11 is 0. The molecule has 1 aliphatic carbocycles. The van der Waals surface area contributed by atoms with Gasteiger partial charge in [0.25, 0.3) is 0 Å². The van der Waals surface area contributed by atoms with E-state index in [1.807, 2.05) is 6.07 Å². The molecule has 1 aliphatic rings. The zero-order valence-electron chi connectivity index (χ0n) is 16.1. The summed E-state index contributed by atoms with van der Waals surface area (Å²) in [5, 5.41) is 9.53. The van der Waals surface area contributed by atoms with E-state index in [2.05, 4.69) is 10.2 Å². The lowest BCUT2D eigenvalue weighted by Crippen LogP contribution is -2.47. The Labute approximate surface area is 165 Å². The third-order valence-electron chi connectivity index (χ3n) is 4.86. The first-order valence-electron chi connectivity index (χ1n) is 9.68. The minimum Gasteiger partial charge on any atom is -0.492 e. The normalized spacial score (nSPS) is 15.5. The zero-order valence-corrected chi connectivity index (χ0v) is 16.1. The van der Waals surface area contributed by atoms with Crippen molar-refractivity contribution in [1.29, 1.82) is 5.41 Å². The van der Waals surface area contributed by atoms with E-state index in [-0.39, 0.29) is 0 Å². The predicted molar refractivity (Wildman–Crippen MR) is 107 cm³/mol. The molecule has 152 valence electrons. The number of amides is 1.